The lowest BCUT2D eigenvalue weighted by Crippen LogP contribution is -2.14. The Kier molecular flexibility index (Phi) is 5.21. The molecule has 30 heavy (non-hydrogen) atoms. The lowest BCUT2D eigenvalue weighted by molar-refractivity contribution is 0.481. The second-order valence-corrected chi connectivity index (χ2v) is 8.74. The van der Waals surface area contributed by atoms with Crippen molar-refractivity contribution in [2.75, 3.05) is 0 Å². The minimum Gasteiger partial charge on any atom is -0.457 e. The van der Waals surface area contributed by atoms with E-state index in [9.17, 15) is 0 Å². The molecule has 3 aromatic carbocycles. The van der Waals surface area contributed by atoms with Crippen LogP contribution in [-0.2, 0) is 5.41 Å². The molecule has 0 amide bonds. The third kappa shape index (κ3) is 3.88. The molecule has 0 saturated heterocycles. The third-order valence-corrected chi connectivity index (χ3v) is 5.30. The monoisotopic (exact) mass is 396 g/mol. The quantitative estimate of drug-likeness (QED) is 0.363. The van der Waals surface area contributed by atoms with Crippen LogP contribution in [0.25, 0.3) is 17.1 Å². The first kappa shape index (κ1) is 20.0. The lowest BCUT2D eigenvalue weighted by Gasteiger charge is -2.23. The van der Waals surface area contributed by atoms with Gasteiger partial charge in [-0.15, -0.1) is 0 Å². The first-order valence-corrected chi connectivity index (χ1v) is 10.3. The van der Waals surface area contributed by atoms with E-state index >= 15 is 0 Å². The van der Waals surface area contributed by atoms with E-state index in [0.29, 0.717) is 0 Å². The topological polar surface area (TPSA) is 27.1 Å². The molecule has 3 heteroatoms. The van der Waals surface area contributed by atoms with E-state index in [1.807, 2.05) is 42.7 Å². The molecule has 152 valence electrons. The highest BCUT2D eigenvalue weighted by Gasteiger charge is 2.22. The molecule has 0 fully saturated rings. The van der Waals surface area contributed by atoms with Crippen LogP contribution in [0.2, 0.25) is 0 Å². The van der Waals surface area contributed by atoms with E-state index in [1.54, 1.807) is 0 Å². The van der Waals surface area contributed by atoms with Gasteiger partial charge in [0, 0.05) is 18.0 Å². The summed E-state index contributed by atoms with van der Waals surface area (Å²) in [6.45, 7) is 11.0. The van der Waals surface area contributed by atoms with E-state index in [1.165, 1.54) is 11.1 Å². The van der Waals surface area contributed by atoms with Crippen molar-refractivity contribution in [2.24, 2.45) is 0 Å². The molecular weight excluding hydrogens is 368 g/mol. The highest BCUT2D eigenvalue weighted by atomic mass is 16.5. The van der Waals surface area contributed by atoms with Gasteiger partial charge in [0.25, 0.3) is 0 Å². The first-order chi connectivity index (χ1) is 14.3. The fourth-order valence-corrected chi connectivity index (χ4v) is 3.99. The van der Waals surface area contributed by atoms with Gasteiger partial charge in [-0.2, -0.15) is 0 Å². The normalized spacial score (nSPS) is 11.5. The van der Waals surface area contributed by atoms with Crippen LogP contribution in [0.15, 0.2) is 79.1 Å². The molecule has 1 heterocycles. The molecule has 1 aromatic heterocycles. The van der Waals surface area contributed by atoms with E-state index in [-0.39, 0.29) is 5.41 Å². The van der Waals surface area contributed by atoms with Gasteiger partial charge in [-0.1, -0.05) is 63.2 Å². The molecule has 4 aromatic rings. The number of hydrogen-bond acceptors (Lipinski definition) is 2. The number of rotatable bonds is 4. The summed E-state index contributed by atoms with van der Waals surface area (Å²) in [5, 5.41) is 0. The molecule has 3 nitrogen and oxygen atoms in total. The summed E-state index contributed by atoms with van der Waals surface area (Å²) < 4.78 is 8.26. The average Bonchev–Trinajstić information content (AvgIpc) is 3.17. The van der Waals surface area contributed by atoms with E-state index in [4.69, 9.17) is 9.72 Å². The van der Waals surface area contributed by atoms with Crippen molar-refractivity contribution in [3.63, 3.8) is 0 Å². The molecule has 0 aliphatic rings. The maximum atomic E-state index is 6.07. The van der Waals surface area contributed by atoms with Gasteiger partial charge in [-0.25, -0.2) is 4.98 Å². The zero-order valence-corrected chi connectivity index (χ0v) is 18.3. The number of aromatic nitrogens is 2. The van der Waals surface area contributed by atoms with Crippen LogP contribution in [0.4, 0.5) is 0 Å². The van der Waals surface area contributed by atoms with Crippen molar-refractivity contribution in [1.29, 1.82) is 0 Å². The van der Waals surface area contributed by atoms with Gasteiger partial charge in [0.05, 0.1) is 5.69 Å². The highest BCUT2D eigenvalue weighted by molar-refractivity contribution is 5.66. The third-order valence-electron chi connectivity index (χ3n) is 5.30. The van der Waals surface area contributed by atoms with Crippen LogP contribution in [0, 0.1) is 13.8 Å². The number of imidazole rings is 1. The molecule has 0 atom stereocenters. The molecule has 0 radical (unpaired) electrons. The second-order valence-electron chi connectivity index (χ2n) is 8.74. The Bertz CT molecular complexity index is 1140. The van der Waals surface area contributed by atoms with Crippen LogP contribution in [-0.4, -0.2) is 9.55 Å². The summed E-state index contributed by atoms with van der Waals surface area (Å²) in [7, 11) is 0. The minimum atomic E-state index is 0.0326. The summed E-state index contributed by atoms with van der Waals surface area (Å²) >= 11 is 0. The maximum Gasteiger partial charge on any atom is 0.144 e. The predicted molar refractivity (Wildman–Crippen MR) is 124 cm³/mol. The highest BCUT2D eigenvalue weighted by Crippen LogP contribution is 2.35. The fraction of sp³-hybridized carbons (Fsp3) is 0.222. The molecule has 4 rings (SSSR count). The van der Waals surface area contributed by atoms with E-state index in [2.05, 4.69) is 75.6 Å². The number of benzene rings is 3. The van der Waals surface area contributed by atoms with Crippen molar-refractivity contribution in [3.05, 3.63) is 95.8 Å². The van der Waals surface area contributed by atoms with Crippen LogP contribution >= 0.6 is 0 Å². The molecule has 0 N–H and O–H groups in total. The predicted octanol–water partition coefficient (Wildman–Crippen LogP) is 7.25. The number of aryl methyl sites for hydroxylation is 2. The SMILES string of the molecule is Cc1cc(Oc2ccccc2)cc(C)c1-n1ccnc1-c1ccccc1C(C)(C)C. The van der Waals surface area contributed by atoms with Crippen LogP contribution in [0.3, 0.4) is 0 Å². The molecule has 0 aliphatic carbocycles. The van der Waals surface area contributed by atoms with E-state index < -0.39 is 0 Å². The largest absolute Gasteiger partial charge is 0.457 e. The van der Waals surface area contributed by atoms with Gasteiger partial charge >= 0.3 is 0 Å². The standard InChI is InChI=1S/C27H28N2O/c1-19-17-22(30-21-11-7-6-8-12-21)18-20(2)25(19)29-16-15-28-26(29)23-13-9-10-14-24(23)27(3,4)5/h6-18H,1-5H3. The molecule has 0 bridgehead atoms. The van der Waals surface area contributed by atoms with Gasteiger partial charge in [-0.3, -0.25) is 4.57 Å². The van der Waals surface area contributed by atoms with Crippen molar-refractivity contribution < 1.29 is 4.74 Å². The lowest BCUT2D eigenvalue weighted by atomic mass is 9.83. The van der Waals surface area contributed by atoms with Gasteiger partial charge in [0.1, 0.15) is 17.3 Å². The maximum absolute atomic E-state index is 6.07. The zero-order valence-electron chi connectivity index (χ0n) is 18.3. The smallest absolute Gasteiger partial charge is 0.144 e. The molecule has 0 aliphatic heterocycles. The summed E-state index contributed by atoms with van der Waals surface area (Å²) in [4.78, 5) is 4.74. The van der Waals surface area contributed by atoms with Crippen LogP contribution in [0.5, 0.6) is 11.5 Å². The van der Waals surface area contributed by atoms with E-state index in [0.717, 1.165) is 34.1 Å². The van der Waals surface area contributed by atoms with Gasteiger partial charge < -0.3 is 4.74 Å². The first-order valence-electron chi connectivity index (χ1n) is 10.3. The molecule has 0 saturated carbocycles. The Hall–Kier alpha value is -3.33. The number of hydrogen-bond donors (Lipinski definition) is 0. The summed E-state index contributed by atoms with van der Waals surface area (Å²) in [6, 6.07) is 22.6. The van der Waals surface area contributed by atoms with Crippen LogP contribution < -0.4 is 4.74 Å². The number of para-hydroxylation sites is 1. The zero-order chi connectivity index (χ0) is 21.3. The van der Waals surface area contributed by atoms with Crippen LogP contribution in [0.1, 0.15) is 37.5 Å². The molecule has 0 unspecified atom stereocenters. The van der Waals surface area contributed by atoms with Gasteiger partial charge in [0.2, 0.25) is 0 Å². The number of nitrogens with zero attached hydrogens (tertiary/aromatic N) is 2. The average molecular weight is 397 g/mol. The Morgan fingerprint density at radius 2 is 1.43 bits per heavy atom. The Labute approximate surface area is 179 Å². The Morgan fingerprint density at radius 3 is 2.10 bits per heavy atom. The van der Waals surface area contributed by atoms with Gasteiger partial charge in [0.15, 0.2) is 0 Å². The second kappa shape index (κ2) is 7.83. The van der Waals surface area contributed by atoms with Gasteiger partial charge in [-0.05, 0) is 60.2 Å². The summed E-state index contributed by atoms with van der Waals surface area (Å²) in [5.74, 6) is 2.65. The van der Waals surface area contributed by atoms with Crippen molar-refractivity contribution >= 4 is 0 Å². The Balaban J connectivity index is 1.78. The molecule has 0 spiro atoms. The van der Waals surface area contributed by atoms with Crippen molar-refractivity contribution in [1.82, 2.24) is 9.55 Å². The van der Waals surface area contributed by atoms with Crippen molar-refractivity contribution in [3.8, 4) is 28.6 Å². The molecular formula is C27H28N2O. The number of ether oxygens (including phenoxy) is 1. The Morgan fingerprint density at radius 1 is 0.800 bits per heavy atom. The summed E-state index contributed by atoms with van der Waals surface area (Å²) in [6.07, 6.45) is 3.92. The minimum absolute atomic E-state index is 0.0326. The fourth-order valence-electron chi connectivity index (χ4n) is 3.99. The van der Waals surface area contributed by atoms with Crippen molar-refractivity contribution in [2.45, 2.75) is 40.0 Å². The summed E-state index contributed by atoms with van der Waals surface area (Å²) in [5.41, 5.74) is 5.92.